The van der Waals surface area contributed by atoms with E-state index < -0.39 is 28.9 Å². The van der Waals surface area contributed by atoms with Gasteiger partial charge in [0, 0.05) is 38.5 Å². The van der Waals surface area contributed by atoms with E-state index in [4.69, 9.17) is 9.84 Å². The van der Waals surface area contributed by atoms with E-state index in [2.05, 4.69) is 121 Å². The lowest BCUT2D eigenvalue weighted by molar-refractivity contribution is -0.145. The molecule has 0 heterocycles. The fourth-order valence-electron chi connectivity index (χ4n) is 4.83. The van der Waals surface area contributed by atoms with Crippen LogP contribution in [0.15, 0.2) is 34.1 Å². The van der Waals surface area contributed by atoms with Crippen molar-refractivity contribution < 1.29 is 29.6 Å². The average Bonchev–Trinajstić information content (AvgIpc) is 2.80. The molecular formula is C36H54O6S2. The van der Waals surface area contributed by atoms with E-state index in [0.29, 0.717) is 11.5 Å². The minimum atomic E-state index is -1.53. The van der Waals surface area contributed by atoms with Gasteiger partial charge in [-0.3, -0.25) is 4.79 Å². The predicted octanol–water partition coefficient (Wildman–Crippen LogP) is 9.33. The third-order valence-electron chi connectivity index (χ3n) is 7.21. The Balaban J connectivity index is 2.61. The highest BCUT2D eigenvalue weighted by Crippen LogP contribution is 2.51. The number of phenolic OH excluding ortho intramolecular Hbond substituents is 1. The molecule has 0 saturated carbocycles. The molecule has 0 aliphatic carbocycles. The van der Waals surface area contributed by atoms with Crippen LogP contribution in [0.25, 0.3) is 0 Å². The van der Waals surface area contributed by atoms with Crippen LogP contribution in [0.1, 0.15) is 132 Å². The summed E-state index contributed by atoms with van der Waals surface area (Å²) in [6.45, 7) is 29.4. The van der Waals surface area contributed by atoms with Crippen LogP contribution >= 0.6 is 23.5 Å². The van der Waals surface area contributed by atoms with Crippen LogP contribution in [0, 0.1) is 0 Å². The van der Waals surface area contributed by atoms with Crippen LogP contribution in [-0.2, 0) is 31.2 Å². The molecule has 0 unspecified atom stereocenters. The molecule has 0 aliphatic heterocycles. The molecule has 3 N–H and O–H groups in total. The topological polar surface area (TPSA) is 104 Å². The number of carboxylic acid groups (broad SMARTS) is 1. The third kappa shape index (κ3) is 10.2. The summed E-state index contributed by atoms with van der Waals surface area (Å²) in [6, 6.07) is 8.34. The highest BCUT2D eigenvalue weighted by atomic mass is 32.2. The number of ether oxygens (including phenoxy) is 1. The van der Waals surface area contributed by atoms with Crippen molar-refractivity contribution in [2.75, 3.05) is 0 Å². The lowest BCUT2D eigenvalue weighted by Crippen LogP contribution is -2.29. The number of thioether (sulfide) groups is 2. The van der Waals surface area contributed by atoms with Gasteiger partial charge >= 0.3 is 11.9 Å². The minimum absolute atomic E-state index is 0.214. The number of rotatable bonds is 9. The summed E-state index contributed by atoms with van der Waals surface area (Å²) < 4.78 is 5.58. The Morgan fingerprint density at radius 1 is 0.682 bits per heavy atom. The number of aromatic hydroxyl groups is 1. The first kappa shape index (κ1) is 38.0. The van der Waals surface area contributed by atoms with E-state index in [9.17, 15) is 19.8 Å². The Morgan fingerprint density at radius 3 is 1.34 bits per heavy atom. The molecule has 8 heteroatoms. The maximum atomic E-state index is 12.9. The van der Waals surface area contributed by atoms with Crippen molar-refractivity contribution in [1.82, 2.24) is 0 Å². The van der Waals surface area contributed by atoms with Gasteiger partial charge in [-0.05, 0) is 66.2 Å². The number of esters is 1. The molecule has 6 nitrogen and oxygen atoms in total. The second-order valence-electron chi connectivity index (χ2n) is 16.2. The summed E-state index contributed by atoms with van der Waals surface area (Å²) >= 11 is 3.47. The lowest BCUT2D eigenvalue weighted by Gasteiger charge is -2.32. The zero-order valence-corrected chi connectivity index (χ0v) is 30.8. The van der Waals surface area contributed by atoms with Crippen LogP contribution in [0.4, 0.5) is 0 Å². The quantitative estimate of drug-likeness (QED) is 0.107. The molecule has 1 atom stereocenters. The first-order valence-corrected chi connectivity index (χ1v) is 16.8. The zero-order valence-electron chi connectivity index (χ0n) is 29.2. The molecule has 0 aliphatic rings. The van der Waals surface area contributed by atoms with E-state index >= 15 is 0 Å². The summed E-state index contributed by atoms with van der Waals surface area (Å²) in [5, 5.41) is 30.6. The fourth-order valence-corrected chi connectivity index (χ4v) is 7.42. The Bertz CT molecular complexity index is 1290. The van der Waals surface area contributed by atoms with Crippen molar-refractivity contribution in [3.05, 3.63) is 46.5 Å². The Hall–Kier alpha value is -2.16. The number of hydrogen-bond donors (Lipinski definition) is 3. The number of benzene rings is 2. The average molecular weight is 647 g/mol. The maximum absolute atomic E-state index is 12.9. The van der Waals surface area contributed by atoms with Crippen molar-refractivity contribution in [2.45, 2.75) is 151 Å². The number of hydrogen-bond acceptors (Lipinski definition) is 7. The van der Waals surface area contributed by atoms with Crippen LogP contribution in [0.3, 0.4) is 0 Å². The van der Waals surface area contributed by atoms with Gasteiger partial charge < -0.3 is 20.1 Å². The molecule has 0 spiro atoms. The molecule has 2 rings (SSSR count). The Kier molecular flexibility index (Phi) is 11.5. The van der Waals surface area contributed by atoms with Gasteiger partial charge in [0.15, 0.2) is 6.10 Å². The van der Waals surface area contributed by atoms with E-state index in [1.54, 1.807) is 23.5 Å². The number of carboxylic acids is 1. The second kappa shape index (κ2) is 13.3. The van der Waals surface area contributed by atoms with Crippen LogP contribution < -0.4 is 4.74 Å². The molecule has 44 heavy (non-hydrogen) atoms. The zero-order chi connectivity index (χ0) is 34.2. The molecule has 0 saturated heterocycles. The smallest absolute Gasteiger partial charge is 0.340 e. The first-order chi connectivity index (χ1) is 19.6. The summed E-state index contributed by atoms with van der Waals surface area (Å²) in [5.74, 6) is -1.15. The normalized spacial score (nSPS) is 14.0. The van der Waals surface area contributed by atoms with Crippen LogP contribution in [0.2, 0.25) is 0 Å². The predicted molar refractivity (Wildman–Crippen MR) is 184 cm³/mol. The molecule has 246 valence electrons. The second-order valence-corrected chi connectivity index (χ2v) is 19.8. The number of aliphatic hydroxyl groups excluding tert-OH is 1. The Morgan fingerprint density at radius 2 is 1.02 bits per heavy atom. The SMILES string of the molecule is CC(C)(Sc1cc(C(C)(C)C)c(O)c(C(C)(C)C)c1)Sc1cc(C(C)(C)C)c(OC(=O)[C@H](O)CCC(=O)O)c(C(C)(C)C)c1. The molecule has 0 fully saturated rings. The highest BCUT2D eigenvalue weighted by Gasteiger charge is 2.33. The van der Waals surface area contributed by atoms with Gasteiger partial charge in [0.2, 0.25) is 0 Å². The Labute approximate surface area is 273 Å². The van der Waals surface area contributed by atoms with Gasteiger partial charge in [0.05, 0.1) is 4.08 Å². The molecule has 2 aromatic rings. The summed E-state index contributed by atoms with van der Waals surface area (Å²) in [6.07, 6.45) is -2.07. The lowest BCUT2D eigenvalue weighted by atomic mass is 9.79. The number of aliphatic hydroxyl groups is 1. The summed E-state index contributed by atoms with van der Waals surface area (Å²) in [5.41, 5.74) is 2.28. The first-order valence-electron chi connectivity index (χ1n) is 15.2. The van der Waals surface area contributed by atoms with Crippen LogP contribution in [-0.4, -0.2) is 37.4 Å². The number of phenols is 1. The molecule has 0 amide bonds. The van der Waals surface area contributed by atoms with Gasteiger partial charge in [-0.25, -0.2) is 4.79 Å². The standard InChI is InChI=1S/C36H54O6S2/c1-32(2,3)23-17-21(18-24(29(23)40)33(4,5)6)43-36(13,14)44-22-19-25(34(7,8)9)30(26(20-22)35(10,11)12)42-31(41)27(37)15-16-28(38)39/h17-20,27,37,40H,15-16H2,1-14H3,(H,38,39)/t27-/m1/s1. The van der Waals surface area contributed by atoms with Gasteiger partial charge in [0.1, 0.15) is 11.5 Å². The number of carbonyl (C=O) groups excluding carboxylic acids is 1. The summed E-state index contributed by atoms with van der Waals surface area (Å²) in [7, 11) is 0. The molecule has 0 aromatic heterocycles. The van der Waals surface area contributed by atoms with Crippen molar-refractivity contribution in [2.24, 2.45) is 0 Å². The van der Waals surface area contributed by atoms with Gasteiger partial charge in [-0.1, -0.05) is 83.1 Å². The number of aliphatic carboxylic acids is 1. The molecule has 0 bridgehead atoms. The van der Waals surface area contributed by atoms with Gasteiger partial charge in [-0.2, -0.15) is 0 Å². The van der Waals surface area contributed by atoms with Crippen molar-refractivity contribution in [3.8, 4) is 11.5 Å². The van der Waals surface area contributed by atoms with Crippen LogP contribution in [0.5, 0.6) is 11.5 Å². The van der Waals surface area contributed by atoms with Gasteiger partial charge in [-0.15, -0.1) is 23.5 Å². The monoisotopic (exact) mass is 646 g/mol. The largest absolute Gasteiger partial charge is 0.507 e. The maximum Gasteiger partial charge on any atom is 0.340 e. The fraction of sp³-hybridized carbons (Fsp3) is 0.611. The molecular weight excluding hydrogens is 593 g/mol. The highest BCUT2D eigenvalue weighted by molar-refractivity contribution is 8.18. The van der Waals surface area contributed by atoms with Crippen molar-refractivity contribution >= 4 is 35.5 Å². The van der Waals surface area contributed by atoms with E-state index in [1.807, 2.05) is 0 Å². The van der Waals surface area contributed by atoms with Crippen molar-refractivity contribution in [1.29, 1.82) is 0 Å². The van der Waals surface area contributed by atoms with E-state index in [0.717, 1.165) is 32.0 Å². The number of carbonyl (C=O) groups is 2. The van der Waals surface area contributed by atoms with Crippen molar-refractivity contribution in [3.63, 3.8) is 0 Å². The summed E-state index contributed by atoms with van der Waals surface area (Å²) in [4.78, 5) is 26.0. The third-order valence-corrected chi connectivity index (χ3v) is 9.64. The van der Waals surface area contributed by atoms with E-state index in [-0.39, 0.29) is 27.8 Å². The minimum Gasteiger partial charge on any atom is -0.507 e. The molecule has 0 radical (unpaired) electrons. The molecule has 2 aromatic carbocycles. The van der Waals surface area contributed by atoms with Gasteiger partial charge in [0.25, 0.3) is 0 Å². The van der Waals surface area contributed by atoms with E-state index in [1.165, 1.54) is 0 Å².